The fourth-order valence-electron chi connectivity index (χ4n) is 2.40. The van der Waals surface area contributed by atoms with E-state index in [0.717, 1.165) is 10.7 Å². The lowest BCUT2D eigenvalue weighted by Gasteiger charge is -2.17. The standard InChI is InChI=1S/C19H25N3O3S2/c1-4-25-17-11-10-16(14-18(17)27(23,24)22(2)3)21-19(26)20-13-12-15-8-6-5-7-9-15/h5-11,14H,4,12-13H2,1-3H3,(H2,20,21,26). The molecule has 146 valence electrons. The van der Waals surface area contributed by atoms with Crippen molar-refractivity contribution in [1.29, 1.82) is 0 Å². The van der Waals surface area contributed by atoms with Gasteiger partial charge in [0.1, 0.15) is 10.6 Å². The Hall–Kier alpha value is -2.16. The van der Waals surface area contributed by atoms with Crippen molar-refractivity contribution < 1.29 is 13.2 Å². The van der Waals surface area contributed by atoms with Gasteiger partial charge in [0.15, 0.2) is 5.11 Å². The molecule has 2 aromatic rings. The molecule has 0 aliphatic heterocycles. The first-order chi connectivity index (χ1) is 12.8. The molecule has 0 fully saturated rings. The molecule has 0 unspecified atom stereocenters. The van der Waals surface area contributed by atoms with Gasteiger partial charge >= 0.3 is 0 Å². The molecule has 0 radical (unpaired) electrons. The van der Waals surface area contributed by atoms with E-state index in [1.807, 2.05) is 25.1 Å². The topological polar surface area (TPSA) is 70.7 Å². The fraction of sp³-hybridized carbons (Fsp3) is 0.316. The molecule has 2 rings (SSSR count). The summed E-state index contributed by atoms with van der Waals surface area (Å²) in [5, 5.41) is 6.59. The van der Waals surface area contributed by atoms with Crippen molar-refractivity contribution in [1.82, 2.24) is 9.62 Å². The summed E-state index contributed by atoms with van der Waals surface area (Å²) in [6, 6.07) is 15.0. The average molecular weight is 408 g/mol. The minimum atomic E-state index is -3.64. The summed E-state index contributed by atoms with van der Waals surface area (Å²) >= 11 is 5.31. The van der Waals surface area contributed by atoms with Crippen molar-refractivity contribution >= 4 is 33.0 Å². The molecule has 0 saturated carbocycles. The molecular formula is C19H25N3O3S2. The predicted molar refractivity (Wildman–Crippen MR) is 113 cm³/mol. The van der Waals surface area contributed by atoms with Gasteiger partial charge in [0.05, 0.1) is 6.61 Å². The van der Waals surface area contributed by atoms with E-state index in [1.165, 1.54) is 25.7 Å². The highest BCUT2D eigenvalue weighted by Gasteiger charge is 2.23. The van der Waals surface area contributed by atoms with Crippen LogP contribution in [0, 0.1) is 0 Å². The first-order valence-electron chi connectivity index (χ1n) is 8.62. The normalized spacial score (nSPS) is 11.3. The number of rotatable bonds is 8. The van der Waals surface area contributed by atoms with Crippen molar-refractivity contribution in [3.8, 4) is 5.75 Å². The van der Waals surface area contributed by atoms with Crippen LogP contribution >= 0.6 is 12.2 Å². The number of hydrogen-bond acceptors (Lipinski definition) is 4. The summed E-state index contributed by atoms with van der Waals surface area (Å²) in [6.07, 6.45) is 0.839. The molecule has 0 aromatic heterocycles. The van der Waals surface area contributed by atoms with Gasteiger partial charge in [-0.25, -0.2) is 12.7 Å². The molecule has 27 heavy (non-hydrogen) atoms. The van der Waals surface area contributed by atoms with Gasteiger partial charge < -0.3 is 15.4 Å². The Kier molecular flexibility index (Phi) is 7.58. The monoisotopic (exact) mass is 407 g/mol. The number of ether oxygens (including phenoxy) is 1. The molecule has 6 nitrogen and oxygen atoms in total. The quantitative estimate of drug-likeness (QED) is 0.656. The van der Waals surface area contributed by atoms with E-state index < -0.39 is 10.0 Å². The van der Waals surface area contributed by atoms with Gasteiger partial charge in [0.2, 0.25) is 10.0 Å². The smallest absolute Gasteiger partial charge is 0.246 e. The Morgan fingerprint density at radius 3 is 2.48 bits per heavy atom. The molecule has 0 spiro atoms. The molecule has 0 aliphatic carbocycles. The van der Waals surface area contributed by atoms with Gasteiger partial charge in [-0.15, -0.1) is 0 Å². The molecule has 0 bridgehead atoms. The van der Waals surface area contributed by atoms with E-state index in [-0.39, 0.29) is 4.90 Å². The SMILES string of the molecule is CCOc1ccc(NC(=S)NCCc2ccccc2)cc1S(=O)(=O)N(C)C. The number of benzene rings is 2. The number of nitrogens with one attached hydrogen (secondary N) is 2. The van der Waals surface area contributed by atoms with Crippen LogP contribution in [0.3, 0.4) is 0 Å². The molecule has 0 atom stereocenters. The largest absolute Gasteiger partial charge is 0.492 e. The molecular weight excluding hydrogens is 382 g/mol. The number of anilines is 1. The lowest BCUT2D eigenvalue weighted by Crippen LogP contribution is -2.30. The first kappa shape index (κ1) is 21.1. The summed E-state index contributed by atoms with van der Waals surface area (Å²) in [6.45, 7) is 2.86. The summed E-state index contributed by atoms with van der Waals surface area (Å²) in [5.74, 6) is 0.319. The van der Waals surface area contributed by atoms with Crippen LogP contribution in [0.15, 0.2) is 53.4 Å². The lowest BCUT2D eigenvalue weighted by molar-refractivity contribution is 0.330. The van der Waals surface area contributed by atoms with Crippen LogP contribution in [0.2, 0.25) is 0 Å². The zero-order chi connectivity index (χ0) is 19.9. The van der Waals surface area contributed by atoms with Crippen molar-refractivity contribution in [3.05, 3.63) is 54.1 Å². The molecule has 2 aromatic carbocycles. The van der Waals surface area contributed by atoms with E-state index in [0.29, 0.717) is 29.7 Å². The summed E-state index contributed by atoms with van der Waals surface area (Å²) in [5.41, 5.74) is 1.80. The van der Waals surface area contributed by atoms with Crippen LogP contribution in [0.4, 0.5) is 5.69 Å². The van der Waals surface area contributed by atoms with Gasteiger partial charge in [-0.3, -0.25) is 0 Å². The number of thiocarbonyl (C=S) groups is 1. The van der Waals surface area contributed by atoms with Crippen molar-refractivity contribution in [3.63, 3.8) is 0 Å². The van der Waals surface area contributed by atoms with Crippen LogP contribution < -0.4 is 15.4 Å². The van der Waals surface area contributed by atoms with Gasteiger partial charge in [-0.1, -0.05) is 30.3 Å². The second kappa shape index (κ2) is 9.68. The Labute approximate surface area is 166 Å². The van der Waals surface area contributed by atoms with Gasteiger partial charge in [0.25, 0.3) is 0 Å². The lowest BCUT2D eigenvalue weighted by atomic mass is 10.1. The molecule has 0 saturated heterocycles. The Morgan fingerprint density at radius 1 is 1.15 bits per heavy atom. The zero-order valence-corrected chi connectivity index (χ0v) is 17.4. The van der Waals surface area contributed by atoms with Gasteiger partial charge in [0, 0.05) is 26.3 Å². The zero-order valence-electron chi connectivity index (χ0n) is 15.7. The maximum absolute atomic E-state index is 12.6. The maximum Gasteiger partial charge on any atom is 0.246 e. The van der Waals surface area contributed by atoms with E-state index in [4.69, 9.17) is 17.0 Å². The molecule has 8 heteroatoms. The van der Waals surface area contributed by atoms with Crippen LogP contribution in [-0.4, -0.2) is 45.1 Å². The maximum atomic E-state index is 12.6. The van der Waals surface area contributed by atoms with Crippen LogP contribution in [-0.2, 0) is 16.4 Å². The number of nitrogens with zero attached hydrogens (tertiary/aromatic N) is 1. The number of sulfonamides is 1. The highest BCUT2D eigenvalue weighted by atomic mass is 32.2. The minimum absolute atomic E-state index is 0.103. The molecule has 2 N–H and O–H groups in total. The Morgan fingerprint density at radius 2 is 1.85 bits per heavy atom. The van der Waals surface area contributed by atoms with Crippen LogP contribution in [0.25, 0.3) is 0 Å². The van der Waals surface area contributed by atoms with E-state index >= 15 is 0 Å². The molecule has 0 heterocycles. The minimum Gasteiger partial charge on any atom is -0.492 e. The second-order valence-electron chi connectivity index (χ2n) is 6.00. The average Bonchev–Trinajstić information content (AvgIpc) is 2.64. The van der Waals surface area contributed by atoms with E-state index in [1.54, 1.807) is 12.1 Å². The van der Waals surface area contributed by atoms with Crippen molar-refractivity contribution in [2.75, 3.05) is 32.6 Å². The van der Waals surface area contributed by atoms with Gasteiger partial charge in [-0.2, -0.15) is 0 Å². The van der Waals surface area contributed by atoms with Crippen molar-refractivity contribution in [2.24, 2.45) is 0 Å². The highest BCUT2D eigenvalue weighted by Crippen LogP contribution is 2.29. The molecule has 0 amide bonds. The van der Waals surface area contributed by atoms with Gasteiger partial charge in [-0.05, 0) is 49.3 Å². The highest BCUT2D eigenvalue weighted by molar-refractivity contribution is 7.89. The summed E-state index contributed by atoms with van der Waals surface area (Å²) in [7, 11) is -0.662. The molecule has 0 aliphatic rings. The van der Waals surface area contributed by atoms with E-state index in [2.05, 4.69) is 22.8 Å². The number of hydrogen-bond donors (Lipinski definition) is 2. The summed E-state index contributed by atoms with van der Waals surface area (Å²) < 4.78 is 31.8. The Bertz CT molecular complexity index is 869. The predicted octanol–water partition coefficient (Wildman–Crippen LogP) is 2.86. The third-order valence-electron chi connectivity index (χ3n) is 3.80. The van der Waals surface area contributed by atoms with Crippen molar-refractivity contribution in [2.45, 2.75) is 18.2 Å². The van der Waals surface area contributed by atoms with Crippen LogP contribution in [0.5, 0.6) is 5.75 Å². The van der Waals surface area contributed by atoms with E-state index in [9.17, 15) is 8.42 Å². The summed E-state index contributed by atoms with van der Waals surface area (Å²) in [4.78, 5) is 0.103. The third kappa shape index (κ3) is 5.92. The third-order valence-corrected chi connectivity index (χ3v) is 5.88. The first-order valence-corrected chi connectivity index (χ1v) is 10.5. The van der Waals surface area contributed by atoms with Crippen LogP contribution in [0.1, 0.15) is 12.5 Å². The Balaban J connectivity index is 2.06. The second-order valence-corrected chi connectivity index (χ2v) is 8.53. The fourth-order valence-corrected chi connectivity index (χ4v) is 3.67.